The van der Waals surface area contributed by atoms with Gasteiger partial charge in [-0.05, 0) is 0 Å². The smallest absolute Gasteiger partial charge is 0.373 e. The van der Waals surface area contributed by atoms with E-state index >= 15 is 0 Å². The predicted octanol–water partition coefficient (Wildman–Crippen LogP) is 3.81. The van der Waals surface area contributed by atoms with E-state index in [0.717, 1.165) is 0 Å². The molecule has 0 amide bonds. The second kappa shape index (κ2) is 4.83. The minimum absolute atomic E-state index is 0.508. The van der Waals surface area contributed by atoms with E-state index in [-0.39, 0.29) is 0 Å². The minimum Gasteiger partial charge on any atom is -0.373 e. The van der Waals surface area contributed by atoms with Crippen molar-refractivity contribution in [1.82, 2.24) is 0 Å². The Kier molecular flexibility index (Phi) is 4.18. The van der Waals surface area contributed by atoms with Gasteiger partial charge in [-0.25, -0.2) is 4.39 Å². The average Bonchev–Trinajstić information content (AvgIpc) is 2.96. The maximum atomic E-state index is 13.4. The number of alkyl halides is 11. The van der Waals surface area contributed by atoms with Crippen LogP contribution in [0.25, 0.3) is 0 Å². The summed E-state index contributed by atoms with van der Waals surface area (Å²) in [6.07, 6.45) is -23.6. The van der Waals surface area contributed by atoms with Crippen LogP contribution in [-0.4, -0.2) is 42.9 Å². The fraction of sp³-hybridized carbons (Fsp3) is 1.00. The Bertz CT molecular complexity index is 383. The molecule has 0 spiro atoms. The van der Waals surface area contributed by atoms with E-state index in [1.54, 1.807) is 0 Å². The number of hydrogen-bond acceptors (Lipinski definition) is 2. The normalized spacial score (nSPS) is 23.9. The summed E-state index contributed by atoms with van der Waals surface area (Å²) >= 11 is 0. The Morgan fingerprint density at radius 1 is 0.810 bits per heavy atom. The molecule has 1 saturated heterocycles. The van der Waals surface area contributed by atoms with Crippen molar-refractivity contribution in [3.8, 4) is 0 Å². The first-order valence-corrected chi connectivity index (χ1v) is 4.93. The summed E-state index contributed by atoms with van der Waals surface area (Å²) < 4.78 is 142. The van der Waals surface area contributed by atoms with Crippen LogP contribution >= 0.6 is 0 Å². The highest BCUT2D eigenvalue weighted by Gasteiger charge is 2.78. The van der Waals surface area contributed by atoms with E-state index in [2.05, 4.69) is 9.47 Å². The molecule has 2 atom stereocenters. The molecule has 1 rings (SSSR count). The zero-order valence-corrected chi connectivity index (χ0v) is 9.47. The molecular weight excluding hydrogens is 337 g/mol. The molecule has 0 aromatic carbocycles. The molecule has 1 heterocycles. The van der Waals surface area contributed by atoms with E-state index in [1.807, 2.05) is 0 Å². The summed E-state index contributed by atoms with van der Waals surface area (Å²) in [7, 11) is 0. The lowest BCUT2D eigenvalue weighted by Gasteiger charge is -2.34. The summed E-state index contributed by atoms with van der Waals surface area (Å²) in [4.78, 5) is 0. The molecule has 0 aromatic heterocycles. The molecule has 13 heteroatoms. The third kappa shape index (κ3) is 3.49. The monoisotopic (exact) mass is 342 g/mol. The van der Waals surface area contributed by atoms with Crippen LogP contribution in [0.2, 0.25) is 0 Å². The Balaban J connectivity index is 3.07. The number of ether oxygens (including phenoxy) is 2. The van der Waals surface area contributed by atoms with Gasteiger partial charge in [0.05, 0.1) is 12.7 Å². The van der Waals surface area contributed by atoms with Crippen molar-refractivity contribution in [3.63, 3.8) is 0 Å². The third-order valence-corrected chi connectivity index (χ3v) is 2.33. The molecule has 2 nitrogen and oxygen atoms in total. The standard InChI is InChI=1S/C8H5F11O2/c9-4(6(12,13)14,1-3-2-20-3)21-8(18,19)5(10,11)7(15,16)17/h3H,1-2H2. The highest BCUT2D eigenvalue weighted by Crippen LogP contribution is 2.52. The molecule has 2 unspecified atom stereocenters. The summed E-state index contributed by atoms with van der Waals surface area (Å²) in [6, 6.07) is 0. The average molecular weight is 342 g/mol. The second-order valence-electron chi connectivity index (χ2n) is 4.08. The van der Waals surface area contributed by atoms with Gasteiger partial charge >= 0.3 is 30.2 Å². The van der Waals surface area contributed by atoms with Crippen LogP contribution in [0, 0.1) is 0 Å². The zero-order valence-electron chi connectivity index (χ0n) is 9.47. The van der Waals surface area contributed by atoms with Crippen LogP contribution in [0.1, 0.15) is 6.42 Å². The first-order chi connectivity index (χ1) is 9.04. The number of rotatable bonds is 5. The Morgan fingerprint density at radius 3 is 1.52 bits per heavy atom. The SMILES string of the molecule is FC(F)(F)C(F)(CC1CO1)OC(F)(F)C(F)(F)C(F)(F)F. The van der Waals surface area contributed by atoms with Gasteiger partial charge in [-0.2, -0.15) is 43.9 Å². The van der Waals surface area contributed by atoms with Gasteiger partial charge in [0.25, 0.3) is 0 Å². The number of epoxide rings is 1. The molecule has 0 radical (unpaired) electrons. The van der Waals surface area contributed by atoms with Crippen molar-refractivity contribution in [2.24, 2.45) is 0 Å². The van der Waals surface area contributed by atoms with Crippen molar-refractivity contribution in [3.05, 3.63) is 0 Å². The number of halogens is 11. The minimum atomic E-state index is -7.02. The quantitative estimate of drug-likeness (QED) is 0.560. The van der Waals surface area contributed by atoms with Gasteiger partial charge in [0.1, 0.15) is 0 Å². The molecule has 1 aliphatic heterocycles. The maximum Gasteiger partial charge on any atom is 0.462 e. The van der Waals surface area contributed by atoms with Gasteiger partial charge in [-0.1, -0.05) is 0 Å². The fourth-order valence-corrected chi connectivity index (χ4v) is 1.13. The Labute approximate surface area is 108 Å². The molecule has 1 fully saturated rings. The van der Waals surface area contributed by atoms with Gasteiger partial charge in [-0.3, -0.25) is 4.74 Å². The highest BCUT2D eigenvalue weighted by molar-refractivity contribution is 4.91. The van der Waals surface area contributed by atoms with Gasteiger partial charge in [0, 0.05) is 6.42 Å². The van der Waals surface area contributed by atoms with E-state index in [4.69, 9.17) is 0 Å². The molecule has 0 saturated carbocycles. The molecule has 1 aliphatic rings. The van der Waals surface area contributed by atoms with Gasteiger partial charge in [0.15, 0.2) is 0 Å². The second-order valence-corrected chi connectivity index (χ2v) is 4.08. The van der Waals surface area contributed by atoms with Crippen LogP contribution in [0.15, 0.2) is 0 Å². The Morgan fingerprint density at radius 2 is 1.24 bits per heavy atom. The van der Waals surface area contributed by atoms with Crippen molar-refractivity contribution < 1.29 is 57.8 Å². The first-order valence-electron chi connectivity index (χ1n) is 4.93. The lowest BCUT2D eigenvalue weighted by Crippen LogP contribution is -2.59. The van der Waals surface area contributed by atoms with Crippen LogP contribution in [0.4, 0.5) is 48.3 Å². The van der Waals surface area contributed by atoms with Crippen LogP contribution in [0.5, 0.6) is 0 Å². The van der Waals surface area contributed by atoms with Crippen molar-refractivity contribution >= 4 is 0 Å². The van der Waals surface area contributed by atoms with Crippen LogP contribution in [-0.2, 0) is 9.47 Å². The molecule has 21 heavy (non-hydrogen) atoms. The molecule has 0 aromatic rings. The Hall–Kier alpha value is -0.850. The maximum absolute atomic E-state index is 13.4. The molecule has 0 bridgehead atoms. The first kappa shape index (κ1) is 18.2. The summed E-state index contributed by atoms with van der Waals surface area (Å²) in [5.74, 6) is -12.4. The molecule has 0 aliphatic carbocycles. The van der Waals surface area contributed by atoms with Crippen molar-refractivity contribution in [2.45, 2.75) is 42.8 Å². The summed E-state index contributed by atoms with van der Waals surface area (Å²) in [5, 5.41) is 0. The van der Waals surface area contributed by atoms with Crippen LogP contribution in [0.3, 0.4) is 0 Å². The lowest BCUT2D eigenvalue weighted by atomic mass is 10.1. The molecule has 126 valence electrons. The highest BCUT2D eigenvalue weighted by atomic mass is 19.4. The fourth-order valence-electron chi connectivity index (χ4n) is 1.13. The lowest BCUT2D eigenvalue weighted by molar-refractivity contribution is -0.484. The zero-order chi connectivity index (χ0) is 16.9. The summed E-state index contributed by atoms with van der Waals surface area (Å²) in [6.45, 7) is -0.508. The van der Waals surface area contributed by atoms with Crippen molar-refractivity contribution in [1.29, 1.82) is 0 Å². The predicted molar refractivity (Wildman–Crippen MR) is 41.3 cm³/mol. The molecule has 0 N–H and O–H groups in total. The van der Waals surface area contributed by atoms with E-state index in [9.17, 15) is 48.3 Å². The number of hydrogen-bond donors (Lipinski definition) is 0. The molecular formula is C8H5F11O2. The van der Waals surface area contributed by atoms with E-state index in [0.29, 0.717) is 0 Å². The van der Waals surface area contributed by atoms with E-state index < -0.39 is 49.4 Å². The van der Waals surface area contributed by atoms with Gasteiger partial charge in [-0.15, -0.1) is 0 Å². The van der Waals surface area contributed by atoms with Gasteiger partial charge < -0.3 is 4.74 Å². The third-order valence-electron chi connectivity index (χ3n) is 2.33. The van der Waals surface area contributed by atoms with Crippen LogP contribution < -0.4 is 0 Å². The summed E-state index contributed by atoms with van der Waals surface area (Å²) in [5.41, 5.74) is 0. The largest absolute Gasteiger partial charge is 0.462 e. The van der Waals surface area contributed by atoms with Gasteiger partial charge in [0.2, 0.25) is 0 Å². The van der Waals surface area contributed by atoms with Crippen molar-refractivity contribution in [2.75, 3.05) is 6.61 Å². The van der Waals surface area contributed by atoms with E-state index in [1.165, 1.54) is 0 Å². The topological polar surface area (TPSA) is 21.8 Å².